The molecule has 0 heterocycles. The van der Waals surface area contributed by atoms with Gasteiger partial charge in [-0.1, -0.05) is 17.7 Å². The lowest BCUT2D eigenvalue weighted by atomic mass is 10.2. The lowest BCUT2D eigenvalue weighted by Crippen LogP contribution is -2.22. The van der Waals surface area contributed by atoms with Gasteiger partial charge < -0.3 is 10.4 Å². The van der Waals surface area contributed by atoms with Crippen molar-refractivity contribution in [2.45, 2.75) is 6.54 Å². The van der Waals surface area contributed by atoms with E-state index in [2.05, 4.69) is 5.32 Å². The van der Waals surface area contributed by atoms with Crippen LogP contribution >= 0.6 is 11.6 Å². The zero-order valence-corrected chi connectivity index (χ0v) is 10.5. The molecule has 0 aliphatic carbocycles. The molecule has 6 heteroatoms. The molecule has 0 radical (unpaired) electrons. The fourth-order valence-corrected chi connectivity index (χ4v) is 1.94. The summed E-state index contributed by atoms with van der Waals surface area (Å²) in [6.45, 7) is 0.685. The third kappa shape index (κ3) is 4.38. The number of phenols is 1. The number of nitrogens with one attached hydrogen (secondary N) is 1. The molecular formula is C10H14ClNO3S. The lowest BCUT2D eigenvalue weighted by molar-refractivity contribution is 0.465. The summed E-state index contributed by atoms with van der Waals surface area (Å²) < 4.78 is 21.7. The molecule has 0 amide bonds. The van der Waals surface area contributed by atoms with E-state index in [9.17, 15) is 13.5 Å². The Labute approximate surface area is 100 Å². The van der Waals surface area contributed by atoms with Gasteiger partial charge in [0.25, 0.3) is 0 Å². The number of hydrogen-bond donors (Lipinski definition) is 2. The third-order valence-electron chi connectivity index (χ3n) is 2.05. The molecule has 0 saturated carbocycles. The Kier molecular flexibility index (Phi) is 4.58. The SMILES string of the molecule is CS(=O)(=O)CCNCc1c(O)cccc1Cl. The maximum Gasteiger partial charge on any atom is 0.148 e. The van der Waals surface area contributed by atoms with Crippen LogP contribution in [0.3, 0.4) is 0 Å². The smallest absolute Gasteiger partial charge is 0.148 e. The van der Waals surface area contributed by atoms with E-state index >= 15 is 0 Å². The van der Waals surface area contributed by atoms with Crippen LogP contribution in [0.1, 0.15) is 5.56 Å². The summed E-state index contributed by atoms with van der Waals surface area (Å²) in [5.41, 5.74) is 0.581. The van der Waals surface area contributed by atoms with Crippen LogP contribution in [0.4, 0.5) is 0 Å². The van der Waals surface area contributed by atoms with E-state index in [0.29, 0.717) is 23.7 Å². The lowest BCUT2D eigenvalue weighted by Gasteiger charge is -2.07. The van der Waals surface area contributed by atoms with Crippen molar-refractivity contribution in [3.05, 3.63) is 28.8 Å². The first-order valence-corrected chi connectivity index (χ1v) is 7.19. The summed E-state index contributed by atoms with van der Waals surface area (Å²) in [7, 11) is -2.96. The quantitative estimate of drug-likeness (QED) is 0.783. The van der Waals surface area contributed by atoms with Gasteiger partial charge in [-0.2, -0.15) is 0 Å². The maximum atomic E-state index is 10.9. The van der Waals surface area contributed by atoms with Gasteiger partial charge in [0.15, 0.2) is 0 Å². The van der Waals surface area contributed by atoms with Crippen molar-refractivity contribution < 1.29 is 13.5 Å². The number of sulfone groups is 1. The number of rotatable bonds is 5. The van der Waals surface area contributed by atoms with Crippen LogP contribution in [-0.4, -0.2) is 32.1 Å². The van der Waals surface area contributed by atoms with Gasteiger partial charge in [-0.3, -0.25) is 0 Å². The van der Waals surface area contributed by atoms with Crippen LogP contribution in [0, 0.1) is 0 Å². The van der Waals surface area contributed by atoms with Crippen molar-refractivity contribution >= 4 is 21.4 Å². The van der Waals surface area contributed by atoms with E-state index in [1.54, 1.807) is 18.2 Å². The van der Waals surface area contributed by atoms with E-state index in [1.165, 1.54) is 6.26 Å². The molecule has 2 N–H and O–H groups in total. The molecule has 16 heavy (non-hydrogen) atoms. The van der Waals surface area contributed by atoms with Gasteiger partial charge in [-0.05, 0) is 12.1 Å². The Hall–Kier alpha value is -0.780. The Morgan fingerprint density at radius 1 is 1.44 bits per heavy atom. The van der Waals surface area contributed by atoms with Crippen LogP contribution in [0.5, 0.6) is 5.75 Å². The molecule has 0 spiro atoms. The second-order valence-corrected chi connectivity index (χ2v) is 6.21. The Morgan fingerprint density at radius 3 is 2.69 bits per heavy atom. The first-order valence-electron chi connectivity index (χ1n) is 4.75. The molecule has 1 aromatic carbocycles. The summed E-state index contributed by atoms with van der Waals surface area (Å²) in [6, 6.07) is 4.87. The molecular weight excluding hydrogens is 250 g/mol. The van der Waals surface area contributed by atoms with Gasteiger partial charge in [0.1, 0.15) is 15.6 Å². The van der Waals surface area contributed by atoms with Gasteiger partial charge in [-0.25, -0.2) is 8.42 Å². The number of benzene rings is 1. The summed E-state index contributed by atoms with van der Waals surface area (Å²) in [4.78, 5) is 0. The van der Waals surface area contributed by atoms with Crippen molar-refractivity contribution in [3.8, 4) is 5.75 Å². The highest BCUT2D eigenvalue weighted by Gasteiger charge is 2.06. The van der Waals surface area contributed by atoms with E-state index in [4.69, 9.17) is 11.6 Å². The zero-order chi connectivity index (χ0) is 12.2. The van der Waals surface area contributed by atoms with Crippen LogP contribution in [0.15, 0.2) is 18.2 Å². The summed E-state index contributed by atoms with van der Waals surface area (Å²) in [6.07, 6.45) is 1.18. The highest BCUT2D eigenvalue weighted by atomic mass is 35.5. The minimum atomic E-state index is -2.96. The van der Waals surface area contributed by atoms with E-state index < -0.39 is 9.84 Å². The molecule has 0 fully saturated rings. The average Bonchev–Trinajstić information content (AvgIpc) is 2.14. The third-order valence-corrected chi connectivity index (χ3v) is 3.35. The van der Waals surface area contributed by atoms with Gasteiger partial charge in [-0.15, -0.1) is 0 Å². The first kappa shape index (κ1) is 13.3. The average molecular weight is 264 g/mol. The summed E-state index contributed by atoms with van der Waals surface area (Å²) in [5, 5.41) is 12.9. The Morgan fingerprint density at radius 2 is 2.12 bits per heavy atom. The van der Waals surface area contributed by atoms with Crippen molar-refractivity contribution in [2.24, 2.45) is 0 Å². The molecule has 0 aliphatic heterocycles. The predicted octanol–water partition coefficient (Wildman–Crippen LogP) is 1.18. The number of halogens is 1. The number of phenolic OH excluding ortho intramolecular Hbond substituents is 1. The van der Waals surface area contributed by atoms with Gasteiger partial charge >= 0.3 is 0 Å². The fourth-order valence-electron chi connectivity index (χ4n) is 1.19. The molecule has 90 valence electrons. The highest BCUT2D eigenvalue weighted by Crippen LogP contribution is 2.24. The van der Waals surface area contributed by atoms with Crippen molar-refractivity contribution in [3.63, 3.8) is 0 Å². The zero-order valence-electron chi connectivity index (χ0n) is 8.90. The molecule has 4 nitrogen and oxygen atoms in total. The molecule has 0 saturated heterocycles. The minimum Gasteiger partial charge on any atom is -0.508 e. The fraction of sp³-hybridized carbons (Fsp3) is 0.400. The van der Waals surface area contributed by atoms with E-state index in [0.717, 1.165) is 0 Å². The van der Waals surface area contributed by atoms with Crippen LogP contribution in [-0.2, 0) is 16.4 Å². The maximum absolute atomic E-state index is 10.9. The highest BCUT2D eigenvalue weighted by molar-refractivity contribution is 7.90. The molecule has 1 rings (SSSR count). The Balaban J connectivity index is 2.49. The van der Waals surface area contributed by atoms with E-state index in [1.807, 2.05) is 0 Å². The van der Waals surface area contributed by atoms with Gasteiger partial charge in [0.2, 0.25) is 0 Å². The standard InChI is InChI=1S/C10H14ClNO3S/c1-16(14,15)6-5-12-7-8-9(11)3-2-4-10(8)13/h2-4,12-13H,5-7H2,1H3. The minimum absolute atomic E-state index is 0.0677. The van der Waals surface area contributed by atoms with Crippen molar-refractivity contribution in [2.75, 3.05) is 18.6 Å². The Bertz CT molecular complexity index is 439. The van der Waals surface area contributed by atoms with Gasteiger partial charge in [0, 0.05) is 29.9 Å². The predicted molar refractivity (Wildman–Crippen MR) is 64.5 cm³/mol. The molecule has 0 bridgehead atoms. The van der Waals surface area contributed by atoms with Gasteiger partial charge in [0.05, 0.1) is 5.75 Å². The normalized spacial score (nSPS) is 11.6. The second-order valence-electron chi connectivity index (χ2n) is 3.54. The van der Waals surface area contributed by atoms with Crippen molar-refractivity contribution in [1.82, 2.24) is 5.32 Å². The second kappa shape index (κ2) is 5.52. The first-order chi connectivity index (χ1) is 7.40. The molecule has 0 atom stereocenters. The van der Waals surface area contributed by atoms with Crippen LogP contribution in [0.2, 0.25) is 5.02 Å². The molecule has 0 aliphatic rings. The van der Waals surface area contributed by atoms with E-state index in [-0.39, 0.29) is 11.5 Å². The summed E-state index contributed by atoms with van der Waals surface area (Å²) in [5.74, 6) is 0.178. The molecule has 1 aromatic rings. The number of hydrogen-bond acceptors (Lipinski definition) is 4. The topological polar surface area (TPSA) is 66.4 Å². The van der Waals surface area contributed by atoms with Crippen LogP contribution < -0.4 is 5.32 Å². The van der Waals surface area contributed by atoms with Crippen LogP contribution in [0.25, 0.3) is 0 Å². The molecule has 0 unspecified atom stereocenters. The van der Waals surface area contributed by atoms with Crippen molar-refractivity contribution in [1.29, 1.82) is 0 Å². The number of aromatic hydroxyl groups is 1. The molecule has 0 aromatic heterocycles. The monoisotopic (exact) mass is 263 g/mol. The largest absolute Gasteiger partial charge is 0.508 e. The summed E-state index contributed by atoms with van der Waals surface area (Å²) >= 11 is 5.88.